The van der Waals surface area contributed by atoms with Crippen molar-refractivity contribution in [2.24, 2.45) is 11.3 Å². The summed E-state index contributed by atoms with van der Waals surface area (Å²) in [6.07, 6.45) is 4.69. The largest absolute Gasteiger partial charge is 0.492 e. The van der Waals surface area contributed by atoms with Crippen molar-refractivity contribution in [3.05, 3.63) is 30.0 Å². The second-order valence-electron chi connectivity index (χ2n) is 12.1. The molecular formula is C29H39N7O5. The van der Waals surface area contributed by atoms with Crippen LogP contribution in [0.15, 0.2) is 24.4 Å². The van der Waals surface area contributed by atoms with Crippen LogP contribution in [0.5, 0.6) is 5.75 Å². The Morgan fingerprint density at radius 1 is 1.10 bits per heavy atom. The molecule has 1 spiro atoms. The third-order valence-corrected chi connectivity index (χ3v) is 7.76. The summed E-state index contributed by atoms with van der Waals surface area (Å²) in [7, 11) is 3.15. The lowest BCUT2D eigenvalue weighted by molar-refractivity contribution is -0.117. The van der Waals surface area contributed by atoms with E-state index in [1.54, 1.807) is 12.0 Å². The van der Waals surface area contributed by atoms with Gasteiger partial charge in [0.05, 0.1) is 18.5 Å². The summed E-state index contributed by atoms with van der Waals surface area (Å²) >= 11 is 0. The number of likely N-dealkylation sites (tertiary alicyclic amines) is 1. The first-order chi connectivity index (χ1) is 19.5. The number of ether oxygens (including phenoxy) is 2. The molecule has 3 N–H and O–H groups in total. The van der Waals surface area contributed by atoms with E-state index >= 15 is 0 Å². The smallest absolute Gasteiger partial charge is 0.410 e. The van der Waals surface area contributed by atoms with E-state index in [0.717, 1.165) is 44.5 Å². The fraction of sp³-hybridized carbons (Fsp3) is 0.552. The number of piperidine rings is 1. The van der Waals surface area contributed by atoms with Gasteiger partial charge in [0.25, 0.3) is 5.91 Å². The zero-order chi connectivity index (χ0) is 29.4. The van der Waals surface area contributed by atoms with E-state index in [4.69, 9.17) is 9.47 Å². The Bertz CT molecular complexity index is 1320. The molecule has 3 aliphatic rings. The number of carbonyl (C=O) groups is 3. The van der Waals surface area contributed by atoms with Crippen molar-refractivity contribution in [2.75, 3.05) is 55.9 Å². The number of hydrogen-bond donors (Lipinski definition) is 3. The van der Waals surface area contributed by atoms with Crippen LogP contribution in [0.3, 0.4) is 0 Å². The number of nitrogens with zero attached hydrogens (tertiary/aromatic N) is 4. The van der Waals surface area contributed by atoms with Gasteiger partial charge in [-0.25, -0.2) is 9.78 Å². The molecule has 1 aliphatic carbocycles. The monoisotopic (exact) mass is 565 g/mol. The molecule has 1 aromatic heterocycles. The SMILES string of the molecule is CNC(=O)c1cnc(NC(=O)C2CC2)nc1Nc1cccc(N2CC3(CCN(C(=O)OC(C)(C)C)CC3)C2)c1OC. The zero-order valence-electron chi connectivity index (χ0n) is 24.4. The number of aromatic nitrogens is 2. The Morgan fingerprint density at radius 3 is 2.41 bits per heavy atom. The average Bonchev–Trinajstić information content (AvgIpc) is 3.76. The minimum absolute atomic E-state index is 0.00484. The van der Waals surface area contributed by atoms with Crippen LogP contribution in [-0.2, 0) is 9.53 Å². The van der Waals surface area contributed by atoms with Gasteiger partial charge in [-0.1, -0.05) is 6.07 Å². The van der Waals surface area contributed by atoms with Crippen LogP contribution in [0.2, 0.25) is 0 Å². The van der Waals surface area contributed by atoms with Gasteiger partial charge in [0.1, 0.15) is 17.0 Å². The van der Waals surface area contributed by atoms with Crippen molar-refractivity contribution in [3.8, 4) is 5.75 Å². The number of benzene rings is 1. The molecule has 1 aromatic carbocycles. The summed E-state index contributed by atoms with van der Waals surface area (Å²) < 4.78 is 11.4. The normalized spacial score (nSPS) is 17.9. The Hall–Kier alpha value is -4.09. The summed E-state index contributed by atoms with van der Waals surface area (Å²) in [5, 5.41) is 8.59. The van der Waals surface area contributed by atoms with E-state index in [2.05, 4.69) is 30.8 Å². The lowest BCUT2D eigenvalue weighted by atomic mass is 9.72. The van der Waals surface area contributed by atoms with Crippen molar-refractivity contribution >= 4 is 41.0 Å². The fourth-order valence-corrected chi connectivity index (χ4v) is 5.35. The molecule has 0 radical (unpaired) electrons. The number of para-hydroxylation sites is 1. The molecule has 3 amide bonds. The summed E-state index contributed by atoms with van der Waals surface area (Å²) in [5.41, 5.74) is 1.43. The maximum absolute atomic E-state index is 12.6. The Labute approximate surface area is 240 Å². The molecule has 3 fully saturated rings. The summed E-state index contributed by atoms with van der Waals surface area (Å²) in [4.78, 5) is 50.0. The third kappa shape index (κ3) is 6.31. The predicted molar refractivity (Wildman–Crippen MR) is 155 cm³/mol. The Balaban J connectivity index is 1.30. The molecule has 12 nitrogen and oxygen atoms in total. The van der Waals surface area contributed by atoms with E-state index in [1.807, 2.05) is 39.0 Å². The fourth-order valence-electron chi connectivity index (χ4n) is 5.35. The van der Waals surface area contributed by atoms with Gasteiger partial charge in [-0.15, -0.1) is 0 Å². The van der Waals surface area contributed by atoms with E-state index in [9.17, 15) is 14.4 Å². The molecule has 0 atom stereocenters. The standard InChI is InChI=1S/C29H39N7O5/c1-28(2,3)41-27(39)35-13-11-29(12-14-35)16-36(17-29)21-8-6-7-20(22(21)40-5)32-23-19(25(38)30-4)15-31-26(33-23)34-24(37)18-9-10-18/h6-8,15,18H,9-14,16-17H2,1-5H3,(H,30,38)(H2,31,32,33,34,37). The highest BCUT2D eigenvalue weighted by Crippen LogP contribution is 2.47. The van der Waals surface area contributed by atoms with Gasteiger partial charge in [-0.3, -0.25) is 14.9 Å². The number of amides is 3. The van der Waals surface area contributed by atoms with Gasteiger partial charge in [-0.2, -0.15) is 4.98 Å². The first-order valence-corrected chi connectivity index (χ1v) is 14.1. The average molecular weight is 566 g/mol. The summed E-state index contributed by atoms with van der Waals surface area (Å²) in [5.74, 6) is 0.537. The van der Waals surface area contributed by atoms with Crippen LogP contribution in [-0.4, -0.2) is 78.7 Å². The second kappa shape index (κ2) is 11.1. The van der Waals surface area contributed by atoms with Crippen molar-refractivity contribution in [1.82, 2.24) is 20.2 Å². The van der Waals surface area contributed by atoms with E-state index in [1.165, 1.54) is 13.2 Å². The zero-order valence-corrected chi connectivity index (χ0v) is 24.4. The minimum atomic E-state index is -0.506. The summed E-state index contributed by atoms with van der Waals surface area (Å²) in [6.45, 7) is 8.70. The Kier molecular flexibility index (Phi) is 7.67. The predicted octanol–water partition coefficient (Wildman–Crippen LogP) is 3.77. The Morgan fingerprint density at radius 2 is 1.80 bits per heavy atom. The quantitative estimate of drug-likeness (QED) is 0.458. The van der Waals surface area contributed by atoms with Crippen molar-refractivity contribution in [2.45, 2.75) is 52.1 Å². The van der Waals surface area contributed by atoms with Gasteiger partial charge in [0.2, 0.25) is 11.9 Å². The van der Waals surface area contributed by atoms with Gasteiger partial charge >= 0.3 is 6.09 Å². The van der Waals surface area contributed by atoms with E-state index < -0.39 is 5.60 Å². The maximum atomic E-state index is 12.6. The van der Waals surface area contributed by atoms with Crippen molar-refractivity contribution in [1.29, 1.82) is 0 Å². The molecule has 220 valence electrons. The molecule has 5 rings (SSSR count). The molecule has 1 saturated carbocycles. The van der Waals surface area contributed by atoms with Crippen LogP contribution >= 0.6 is 0 Å². The molecule has 0 bridgehead atoms. The van der Waals surface area contributed by atoms with E-state index in [0.29, 0.717) is 24.5 Å². The second-order valence-corrected chi connectivity index (χ2v) is 12.1. The highest BCUT2D eigenvalue weighted by Gasteiger charge is 2.46. The molecule has 0 unspecified atom stereocenters. The lowest BCUT2D eigenvalue weighted by Crippen LogP contribution is -2.61. The first kappa shape index (κ1) is 28.4. The number of carbonyl (C=O) groups excluding carboxylic acids is 3. The maximum Gasteiger partial charge on any atom is 0.410 e. The number of methoxy groups -OCH3 is 1. The van der Waals surface area contributed by atoms with Crippen LogP contribution in [0.1, 0.15) is 56.8 Å². The van der Waals surface area contributed by atoms with Crippen LogP contribution < -0.4 is 25.6 Å². The molecule has 3 heterocycles. The first-order valence-electron chi connectivity index (χ1n) is 14.1. The van der Waals surface area contributed by atoms with Crippen molar-refractivity contribution in [3.63, 3.8) is 0 Å². The van der Waals surface area contributed by atoms with Gasteiger partial charge in [0, 0.05) is 50.8 Å². The number of nitrogens with one attached hydrogen (secondary N) is 3. The van der Waals surface area contributed by atoms with Gasteiger partial charge in [0.15, 0.2) is 5.75 Å². The van der Waals surface area contributed by atoms with Gasteiger partial charge < -0.3 is 29.9 Å². The van der Waals surface area contributed by atoms with Crippen molar-refractivity contribution < 1.29 is 23.9 Å². The number of rotatable bonds is 7. The highest BCUT2D eigenvalue weighted by molar-refractivity contribution is 6.00. The van der Waals surface area contributed by atoms with Crippen LogP contribution in [0, 0.1) is 11.3 Å². The van der Waals surface area contributed by atoms with Gasteiger partial charge in [-0.05, 0) is 58.6 Å². The number of hydrogen-bond acceptors (Lipinski definition) is 9. The van der Waals surface area contributed by atoms with Crippen LogP contribution in [0.25, 0.3) is 0 Å². The minimum Gasteiger partial charge on any atom is -0.492 e. The molecule has 12 heteroatoms. The highest BCUT2D eigenvalue weighted by atomic mass is 16.6. The molecule has 2 aliphatic heterocycles. The molecule has 41 heavy (non-hydrogen) atoms. The van der Waals surface area contributed by atoms with E-state index in [-0.39, 0.29) is 46.6 Å². The lowest BCUT2D eigenvalue weighted by Gasteiger charge is -2.55. The molecule has 2 saturated heterocycles. The molecular weight excluding hydrogens is 526 g/mol. The molecule has 2 aromatic rings. The van der Waals surface area contributed by atoms with Crippen LogP contribution in [0.4, 0.5) is 27.9 Å². The topological polar surface area (TPSA) is 138 Å². The number of anilines is 4. The third-order valence-electron chi connectivity index (χ3n) is 7.76. The summed E-state index contributed by atoms with van der Waals surface area (Å²) in [6, 6.07) is 5.79.